The molecule has 0 spiro atoms. The van der Waals surface area contributed by atoms with E-state index in [0.717, 1.165) is 38.2 Å². The number of rotatable bonds is 7. The van der Waals surface area contributed by atoms with E-state index in [9.17, 15) is 4.79 Å². The topological polar surface area (TPSA) is 57.3 Å². The van der Waals surface area contributed by atoms with Gasteiger partial charge in [0, 0.05) is 24.5 Å². The van der Waals surface area contributed by atoms with Crippen LogP contribution >= 0.6 is 11.6 Å². The summed E-state index contributed by atoms with van der Waals surface area (Å²) in [6, 6.07) is 20.3. The lowest BCUT2D eigenvalue weighted by Gasteiger charge is -2.36. The number of benzene rings is 2. The monoisotopic (exact) mass is 462 g/mol. The highest BCUT2D eigenvalue weighted by Gasteiger charge is 2.24. The fourth-order valence-corrected chi connectivity index (χ4v) is 4.43. The summed E-state index contributed by atoms with van der Waals surface area (Å²) in [5.41, 5.74) is 4.14. The Balaban J connectivity index is 1.30. The highest BCUT2D eigenvalue weighted by molar-refractivity contribution is 6.30. The van der Waals surface area contributed by atoms with Gasteiger partial charge in [-0.15, -0.1) is 0 Å². The van der Waals surface area contributed by atoms with Crippen LogP contribution in [0.4, 0.5) is 11.5 Å². The molecule has 5 nitrogen and oxygen atoms in total. The number of carbonyl (C=O) groups is 1. The largest absolute Gasteiger partial charge is 0.384 e. The van der Waals surface area contributed by atoms with Crippen molar-refractivity contribution in [3.63, 3.8) is 0 Å². The summed E-state index contributed by atoms with van der Waals surface area (Å²) in [6.45, 7) is 7.46. The molecule has 2 N–H and O–H groups in total. The summed E-state index contributed by atoms with van der Waals surface area (Å²) in [7, 11) is 0. The van der Waals surface area contributed by atoms with Crippen molar-refractivity contribution in [2.24, 2.45) is 5.92 Å². The molecule has 0 saturated carbocycles. The third-order valence-electron chi connectivity index (χ3n) is 6.48. The Labute approximate surface area is 201 Å². The summed E-state index contributed by atoms with van der Waals surface area (Å²) in [5, 5.41) is 6.90. The van der Waals surface area contributed by atoms with Crippen LogP contribution in [-0.2, 0) is 0 Å². The summed E-state index contributed by atoms with van der Waals surface area (Å²) >= 11 is 5.88. The van der Waals surface area contributed by atoms with Gasteiger partial charge < -0.3 is 10.6 Å². The number of para-hydroxylation sites is 1. The molecule has 4 rings (SSSR count). The lowest BCUT2D eigenvalue weighted by atomic mass is 9.94. The Hall–Kier alpha value is -2.89. The van der Waals surface area contributed by atoms with Crippen LogP contribution in [0.2, 0.25) is 5.02 Å². The maximum Gasteiger partial charge on any atom is 0.258 e. The van der Waals surface area contributed by atoms with Crippen molar-refractivity contribution in [1.82, 2.24) is 9.88 Å². The third-order valence-corrected chi connectivity index (χ3v) is 6.70. The molecule has 0 radical (unpaired) electrons. The van der Waals surface area contributed by atoms with E-state index in [2.05, 4.69) is 58.6 Å². The molecule has 172 valence electrons. The summed E-state index contributed by atoms with van der Waals surface area (Å²) in [6.07, 6.45) is 3.81. The summed E-state index contributed by atoms with van der Waals surface area (Å²) < 4.78 is 0. The van der Waals surface area contributed by atoms with Crippen LogP contribution in [0, 0.1) is 12.8 Å². The number of aryl methyl sites for hydroxylation is 1. The summed E-state index contributed by atoms with van der Waals surface area (Å²) in [4.78, 5) is 19.5. The minimum atomic E-state index is -0.185. The second-order valence-electron chi connectivity index (χ2n) is 8.81. The third kappa shape index (κ3) is 6.12. The van der Waals surface area contributed by atoms with Gasteiger partial charge in [-0.1, -0.05) is 53.6 Å². The molecule has 0 bridgehead atoms. The number of amides is 1. The van der Waals surface area contributed by atoms with Gasteiger partial charge in [-0.05, 0) is 75.5 Å². The van der Waals surface area contributed by atoms with Gasteiger partial charge in [0.25, 0.3) is 5.91 Å². The zero-order chi connectivity index (χ0) is 23.2. The van der Waals surface area contributed by atoms with E-state index in [1.807, 2.05) is 24.3 Å². The number of pyridine rings is 1. The molecule has 1 amide bonds. The van der Waals surface area contributed by atoms with E-state index in [-0.39, 0.29) is 5.91 Å². The molecular weight excluding hydrogens is 432 g/mol. The zero-order valence-corrected chi connectivity index (χ0v) is 20.0. The molecule has 1 fully saturated rings. The molecule has 1 unspecified atom stereocenters. The number of nitrogens with zero attached hydrogens (tertiary/aromatic N) is 2. The van der Waals surface area contributed by atoms with Crippen LogP contribution < -0.4 is 10.6 Å². The molecule has 0 aliphatic carbocycles. The first-order chi connectivity index (χ1) is 16.0. The van der Waals surface area contributed by atoms with Gasteiger partial charge in [0.1, 0.15) is 5.82 Å². The lowest BCUT2D eigenvalue weighted by Crippen LogP contribution is -2.37. The highest BCUT2D eigenvalue weighted by Crippen LogP contribution is 2.27. The Kier molecular flexibility index (Phi) is 7.63. The minimum absolute atomic E-state index is 0.185. The molecule has 1 aromatic heterocycles. The van der Waals surface area contributed by atoms with Gasteiger partial charge in [0.2, 0.25) is 0 Å². The quantitative estimate of drug-likeness (QED) is 0.440. The van der Waals surface area contributed by atoms with E-state index < -0.39 is 0 Å². The van der Waals surface area contributed by atoms with Crippen LogP contribution in [0.1, 0.15) is 47.3 Å². The SMILES string of the molecule is Cc1ccc(C(C)N2CCC(CNc3ccccc3C(=O)Nc3ccc(Cl)cn3)CC2)cc1. The first-order valence-corrected chi connectivity index (χ1v) is 11.9. The van der Waals surface area contributed by atoms with E-state index in [1.54, 1.807) is 12.1 Å². The van der Waals surface area contributed by atoms with Crippen molar-refractivity contribution < 1.29 is 4.79 Å². The average Bonchev–Trinajstić information content (AvgIpc) is 2.85. The number of hydrogen-bond acceptors (Lipinski definition) is 4. The number of nitrogens with one attached hydrogen (secondary N) is 2. The predicted molar refractivity (Wildman–Crippen MR) is 136 cm³/mol. The molecular formula is C27H31ClN4O. The number of likely N-dealkylation sites (tertiary alicyclic amines) is 1. The average molecular weight is 463 g/mol. The Bertz CT molecular complexity index is 1060. The summed E-state index contributed by atoms with van der Waals surface area (Å²) in [5.74, 6) is 0.879. The second-order valence-corrected chi connectivity index (χ2v) is 9.24. The Morgan fingerprint density at radius 3 is 2.52 bits per heavy atom. The first kappa shape index (κ1) is 23.3. The van der Waals surface area contributed by atoms with Gasteiger partial charge in [-0.3, -0.25) is 9.69 Å². The number of carbonyl (C=O) groups excluding carboxylic acids is 1. The molecule has 2 heterocycles. The maximum absolute atomic E-state index is 12.8. The smallest absolute Gasteiger partial charge is 0.258 e. The van der Waals surface area contributed by atoms with Crippen LogP contribution in [0.5, 0.6) is 0 Å². The highest BCUT2D eigenvalue weighted by atomic mass is 35.5. The van der Waals surface area contributed by atoms with Crippen molar-refractivity contribution in [1.29, 1.82) is 0 Å². The fourth-order valence-electron chi connectivity index (χ4n) is 4.32. The van der Waals surface area contributed by atoms with Crippen molar-refractivity contribution in [3.05, 3.63) is 88.6 Å². The molecule has 2 aromatic carbocycles. The van der Waals surface area contributed by atoms with Gasteiger partial charge >= 0.3 is 0 Å². The minimum Gasteiger partial charge on any atom is -0.384 e. The standard InChI is InChI=1S/C27H31ClN4O/c1-19-7-9-22(10-8-19)20(2)32-15-13-21(14-16-32)17-29-25-6-4-3-5-24(25)27(33)31-26-12-11-23(28)18-30-26/h3-12,18,20-21,29H,13-17H2,1-2H3,(H,30,31,33). The van der Waals surface area contributed by atoms with Crippen molar-refractivity contribution in [2.45, 2.75) is 32.7 Å². The van der Waals surface area contributed by atoms with Gasteiger partial charge in [0.05, 0.1) is 10.6 Å². The number of anilines is 2. The zero-order valence-electron chi connectivity index (χ0n) is 19.2. The normalized spacial score (nSPS) is 15.7. The van der Waals surface area contributed by atoms with Crippen molar-refractivity contribution in [3.8, 4) is 0 Å². The molecule has 33 heavy (non-hydrogen) atoms. The van der Waals surface area contributed by atoms with Crippen molar-refractivity contribution >= 4 is 29.0 Å². The number of aromatic nitrogens is 1. The number of hydrogen-bond donors (Lipinski definition) is 2. The van der Waals surface area contributed by atoms with Crippen LogP contribution in [-0.4, -0.2) is 35.4 Å². The van der Waals surface area contributed by atoms with Crippen LogP contribution in [0.15, 0.2) is 66.9 Å². The van der Waals surface area contributed by atoms with Gasteiger partial charge in [-0.2, -0.15) is 0 Å². The predicted octanol–water partition coefficient (Wildman–Crippen LogP) is 6.18. The van der Waals surface area contributed by atoms with Crippen molar-refractivity contribution in [2.75, 3.05) is 30.3 Å². The molecule has 1 saturated heterocycles. The molecule has 1 atom stereocenters. The molecule has 3 aromatic rings. The van der Waals surface area contributed by atoms with Gasteiger partial charge in [-0.25, -0.2) is 4.98 Å². The van der Waals surface area contributed by atoms with Gasteiger partial charge in [0.15, 0.2) is 0 Å². The molecule has 6 heteroatoms. The number of piperidine rings is 1. The Morgan fingerprint density at radius 1 is 1.09 bits per heavy atom. The van der Waals surface area contributed by atoms with Crippen LogP contribution in [0.3, 0.4) is 0 Å². The fraction of sp³-hybridized carbons (Fsp3) is 0.333. The number of halogens is 1. The lowest BCUT2D eigenvalue weighted by molar-refractivity contribution is 0.102. The second kappa shape index (κ2) is 10.8. The molecule has 1 aliphatic heterocycles. The Morgan fingerprint density at radius 2 is 1.82 bits per heavy atom. The molecule has 1 aliphatic rings. The van der Waals surface area contributed by atoms with E-state index >= 15 is 0 Å². The first-order valence-electron chi connectivity index (χ1n) is 11.6. The van der Waals surface area contributed by atoms with E-state index in [1.165, 1.54) is 17.3 Å². The maximum atomic E-state index is 12.8. The van der Waals surface area contributed by atoms with Crippen LogP contribution in [0.25, 0.3) is 0 Å². The van der Waals surface area contributed by atoms with E-state index in [4.69, 9.17) is 11.6 Å². The van der Waals surface area contributed by atoms with E-state index in [0.29, 0.717) is 28.4 Å².